The molecular weight excluding hydrogens is 219 g/mol. The number of aliphatic carboxylic acids is 1. The highest BCUT2D eigenvalue weighted by molar-refractivity contribution is 5.82. The summed E-state index contributed by atoms with van der Waals surface area (Å²) in [5, 5.41) is 9.50. The fourth-order valence-electron chi connectivity index (χ4n) is 2.86. The van der Waals surface area contributed by atoms with Crippen LogP contribution in [0.25, 0.3) is 0 Å². The highest BCUT2D eigenvalue weighted by atomic mass is 19.1. The van der Waals surface area contributed by atoms with Crippen LogP contribution >= 0.6 is 0 Å². The molecule has 1 unspecified atom stereocenters. The number of halogens is 1. The van der Waals surface area contributed by atoms with Crippen molar-refractivity contribution in [2.24, 2.45) is 0 Å². The quantitative estimate of drug-likeness (QED) is 0.870. The number of carbonyl (C=O) groups is 1. The maximum atomic E-state index is 13.6. The average molecular weight is 236 g/mol. The van der Waals surface area contributed by atoms with Crippen molar-refractivity contribution in [1.82, 2.24) is 0 Å². The lowest BCUT2D eigenvalue weighted by atomic mass is 9.76. The normalized spacial score (nSPS) is 20.1. The Kier molecular flexibility index (Phi) is 3.18. The highest BCUT2D eigenvalue weighted by Crippen LogP contribution is 2.44. The van der Waals surface area contributed by atoms with E-state index in [1.165, 1.54) is 6.92 Å². The van der Waals surface area contributed by atoms with Crippen LogP contribution in [0.2, 0.25) is 0 Å². The van der Waals surface area contributed by atoms with Crippen LogP contribution in [0.15, 0.2) is 24.3 Å². The van der Waals surface area contributed by atoms with Gasteiger partial charge in [-0.1, -0.05) is 37.1 Å². The van der Waals surface area contributed by atoms with Crippen LogP contribution in [0.3, 0.4) is 0 Å². The van der Waals surface area contributed by atoms with Crippen LogP contribution in [-0.2, 0) is 10.2 Å². The van der Waals surface area contributed by atoms with E-state index in [0.717, 1.165) is 12.8 Å². The van der Waals surface area contributed by atoms with E-state index >= 15 is 0 Å². The molecule has 0 aromatic heterocycles. The lowest BCUT2D eigenvalue weighted by Crippen LogP contribution is -2.33. The molecule has 0 aliphatic heterocycles. The molecule has 1 saturated carbocycles. The number of carboxylic acid groups (broad SMARTS) is 1. The van der Waals surface area contributed by atoms with E-state index in [4.69, 9.17) is 0 Å². The van der Waals surface area contributed by atoms with Crippen molar-refractivity contribution in [3.8, 4) is 0 Å². The van der Waals surface area contributed by atoms with E-state index in [9.17, 15) is 14.3 Å². The van der Waals surface area contributed by atoms with Gasteiger partial charge in [0, 0.05) is 0 Å². The molecule has 1 aliphatic carbocycles. The zero-order valence-corrected chi connectivity index (χ0v) is 9.95. The van der Waals surface area contributed by atoms with Crippen molar-refractivity contribution in [3.05, 3.63) is 35.4 Å². The molecule has 17 heavy (non-hydrogen) atoms. The van der Waals surface area contributed by atoms with Gasteiger partial charge in [0.25, 0.3) is 0 Å². The van der Waals surface area contributed by atoms with Gasteiger partial charge >= 0.3 is 5.97 Å². The fourth-order valence-corrected chi connectivity index (χ4v) is 2.86. The van der Waals surface area contributed by atoms with Gasteiger partial charge in [-0.15, -0.1) is 0 Å². The number of hydrogen-bond donors (Lipinski definition) is 1. The zero-order chi connectivity index (χ0) is 12.5. The first kappa shape index (κ1) is 12.1. The summed E-state index contributed by atoms with van der Waals surface area (Å²) in [5.74, 6) is -0.817. The Labute approximate surface area is 100 Å². The molecule has 0 amide bonds. The Morgan fingerprint density at radius 3 is 2.47 bits per heavy atom. The minimum Gasteiger partial charge on any atom is -0.481 e. The summed E-state index contributed by atoms with van der Waals surface area (Å²) < 4.78 is 13.6. The molecule has 0 bridgehead atoms. The Balaban J connectivity index is 2.54. The van der Waals surface area contributed by atoms with Gasteiger partial charge in [0.1, 0.15) is 6.17 Å². The van der Waals surface area contributed by atoms with Crippen LogP contribution in [0.5, 0.6) is 0 Å². The second-order valence-electron chi connectivity index (χ2n) is 4.80. The van der Waals surface area contributed by atoms with E-state index in [1.807, 2.05) is 0 Å². The van der Waals surface area contributed by atoms with Gasteiger partial charge in [0.05, 0.1) is 5.41 Å². The standard InChI is InChI=1S/C14H17FO2/c1-10(15)11-6-2-3-7-12(11)14(13(16)17)8-4-5-9-14/h2-3,6-7,10H,4-5,8-9H2,1H3,(H,16,17). The van der Waals surface area contributed by atoms with E-state index in [1.54, 1.807) is 24.3 Å². The van der Waals surface area contributed by atoms with E-state index in [0.29, 0.717) is 24.0 Å². The first-order valence-electron chi connectivity index (χ1n) is 6.05. The number of alkyl halides is 1. The minimum atomic E-state index is -1.12. The summed E-state index contributed by atoms with van der Waals surface area (Å²) in [7, 11) is 0. The molecule has 1 N–H and O–H groups in total. The molecule has 2 rings (SSSR count). The topological polar surface area (TPSA) is 37.3 Å². The van der Waals surface area contributed by atoms with E-state index in [2.05, 4.69) is 0 Å². The van der Waals surface area contributed by atoms with E-state index < -0.39 is 17.6 Å². The molecule has 1 aliphatic rings. The smallest absolute Gasteiger partial charge is 0.314 e. The maximum Gasteiger partial charge on any atom is 0.314 e. The summed E-state index contributed by atoms with van der Waals surface area (Å²) >= 11 is 0. The van der Waals surface area contributed by atoms with Crippen LogP contribution < -0.4 is 0 Å². The number of hydrogen-bond acceptors (Lipinski definition) is 1. The predicted molar refractivity (Wildman–Crippen MR) is 63.7 cm³/mol. The molecule has 0 heterocycles. The van der Waals surface area contributed by atoms with Crippen molar-refractivity contribution in [2.45, 2.75) is 44.2 Å². The summed E-state index contributed by atoms with van der Waals surface area (Å²) in [5.41, 5.74) is 0.327. The zero-order valence-electron chi connectivity index (χ0n) is 9.95. The Hall–Kier alpha value is -1.38. The molecule has 2 nitrogen and oxygen atoms in total. The molecular formula is C14H17FO2. The summed E-state index contributed by atoms with van der Waals surface area (Å²) in [6.07, 6.45) is 1.92. The number of carboxylic acids is 1. The fraction of sp³-hybridized carbons (Fsp3) is 0.500. The van der Waals surface area contributed by atoms with Crippen LogP contribution in [0.4, 0.5) is 4.39 Å². The molecule has 0 radical (unpaired) electrons. The Bertz CT molecular complexity index is 420. The third-order valence-electron chi connectivity index (χ3n) is 3.77. The van der Waals surface area contributed by atoms with Crippen molar-refractivity contribution in [2.75, 3.05) is 0 Å². The van der Waals surface area contributed by atoms with Gasteiger partial charge < -0.3 is 5.11 Å². The second kappa shape index (κ2) is 4.47. The molecule has 3 heteroatoms. The minimum absolute atomic E-state index is 0.525. The monoisotopic (exact) mass is 236 g/mol. The molecule has 92 valence electrons. The Morgan fingerprint density at radius 2 is 1.94 bits per heavy atom. The van der Waals surface area contributed by atoms with Crippen molar-refractivity contribution in [3.63, 3.8) is 0 Å². The molecule has 0 saturated heterocycles. The lowest BCUT2D eigenvalue weighted by molar-refractivity contribution is -0.143. The van der Waals surface area contributed by atoms with Crippen molar-refractivity contribution >= 4 is 5.97 Å². The molecule has 1 fully saturated rings. The van der Waals surface area contributed by atoms with Crippen LogP contribution in [-0.4, -0.2) is 11.1 Å². The van der Waals surface area contributed by atoms with E-state index in [-0.39, 0.29) is 0 Å². The molecule has 1 aromatic rings. The first-order valence-corrected chi connectivity index (χ1v) is 6.05. The SMILES string of the molecule is CC(F)c1ccccc1C1(C(=O)O)CCCC1. The summed E-state index contributed by atoms with van der Waals surface area (Å²) in [4.78, 5) is 11.6. The van der Waals surface area contributed by atoms with Crippen molar-refractivity contribution < 1.29 is 14.3 Å². The maximum absolute atomic E-state index is 13.6. The highest BCUT2D eigenvalue weighted by Gasteiger charge is 2.44. The summed E-state index contributed by atoms with van der Waals surface area (Å²) in [6, 6.07) is 7.03. The lowest BCUT2D eigenvalue weighted by Gasteiger charge is -2.27. The third-order valence-corrected chi connectivity index (χ3v) is 3.77. The molecule has 1 atom stereocenters. The van der Waals surface area contributed by atoms with Gasteiger partial charge in [-0.3, -0.25) is 4.79 Å². The number of rotatable bonds is 3. The average Bonchev–Trinajstić information content (AvgIpc) is 2.79. The van der Waals surface area contributed by atoms with Crippen molar-refractivity contribution in [1.29, 1.82) is 0 Å². The molecule has 1 aromatic carbocycles. The van der Waals surface area contributed by atoms with Crippen LogP contribution in [0.1, 0.15) is 49.9 Å². The molecule has 0 spiro atoms. The Morgan fingerprint density at radius 1 is 1.35 bits per heavy atom. The second-order valence-corrected chi connectivity index (χ2v) is 4.80. The largest absolute Gasteiger partial charge is 0.481 e. The van der Waals surface area contributed by atoms with Gasteiger partial charge in [-0.2, -0.15) is 0 Å². The predicted octanol–water partition coefficient (Wildman–Crippen LogP) is 3.61. The first-order chi connectivity index (χ1) is 8.08. The van der Waals surface area contributed by atoms with Gasteiger partial charge in [-0.05, 0) is 30.9 Å². The van der Waals surface area contributed by atoms with Gasteiger partial charge in [-0.25, -0.2) is 4.39 Å². The third kappa shape index (κ3) is 1.94. The van der Waals surface area contributed by atoms with Gasteiger partial charge in [0.2, 0.25) is 0 Å². The summed E-state index contributed by atoms with van der Waals surface area (Å²) in [6.45, 7) is 1.46. The van der Waals surface area contributed by atoms with Crippen LogP contribution in [0, 0.1) is 0 Å². The van der Waals surface area contributed by atoms with Gasteiger partial charge in [0.15, 0.2) is 0 Å². The number of benzene rings is 1.